The number of aromatic amines is 1. The number of carbonyl (C=O) groups excluding carboxylic acids is 3. The minimum atomic E-state index is -0.346. The molecule has 12 nitrogen and oxygen atoms in total. The lowest BCUT2D eigenvalue weighted by Gasteiger charge is -2.34. The van der Waals surface area contributed by atoms with Crippen LogP contribution in [0.3, 0.4) is 0 Å². The van der Waals surface area contributed by atoms with Crippen molar-refractivity contribution in [2.45, 2.75) is 39.0 Å². The summed E-state index contributed by atoms with van der Waals surface area (Å²) in [6, 6.07) is 16.1. The van der Waals surface area contributed by atoms with Crippen molar-refractivity contribution in [3.63, 3.8) is 0 Å². The Morgan fingerprint density at radius 1 is 1.04 bits per heavy atom. The third kappa shape index (κ3) is 8.70. The molecule has 1 aromatic heterocycles. The predicted molar refractivity (Wildman–Crippen MR) is 196 cm³/mol. The minimum Gasteiger partial charge on any atom is -0.495 e. The van der Waals surface area contributed by atoms with E-state index in [1.807, 2.05) is 31.2 Å². The van der Waals surface area contributed by atoms with Gasteiger partial charge >= 0.3 is 0 Å². The van der Waals surface area contributed by atoms with Gasteiger partial charge in [-0.25, -0.2) is 9.78 Å². The molecule has 264 valence electrons. The van der Waals surface area contributed by atoms with Crippen molar-refractivity contribution in [1.82, 2.24) is 19.8 Å². The van der Waals surface area contributed by atoms with Gasteiger partial charge in [-0.05, 0) is 94.2 Å². The van der Waals surface area contributed by atoms with Gasteiger partial charge in [-0.1, -0.05) is 12.1 Å². The maximum absolute atomic E-state index is 13.7. The number of amides is 2. The summed E-state index contributed by atoms with van der Waals surface area (Å²) in [6.07, 6.45) is 3.68. The smallest absolute Gasteiger partial charge is 0.258 e. The lowest BCUT2D eigenvalue weighted by molar-refractivity contribution is 0.0990. The number of aromatic nitrogens is 2. The Hall–Kier alpha value is -5.16. The second-order valence-electron chi connectivity index (χ2n) is 12.6. The molecule has 1 fully saturated rings. The van der Waals surface area contributed by atoms with Crippen LogP contribution >= 0.6 is 0 Å². The number of carbonyl (C=O) groups is 2. The van der Waals surface area contributed by atoms with Crippen molar-refractivity contribution in [2.75, 3.05) is 70.8 Å². The van der Waals surface area contributed by atoms with Gasteiger partial charge in [0.1, 0.15) is 28.8 Å². The number of nitrogens with zero attached hydrogens (tertiary/aromatic N) is 4. The zero-order chi connectivity index (χ0) is 35.6. The highest BCUT2D eigenvalue weighted by Gasteiger charge is 2.21. The molecule has 0 spiro atoms. The Bertz CT molecular complexity index is 1860. The van der Waals surface area contributed by atoms with Crippen molar-refractivity contribution in [1.29, 1.82) is 0 Å². The number of hydrogen-bond donors (Lipinski definition) is 3. The van der Waals surface area contributed by atoms with Crippen LogP contribution in [0.4, 0.5) is 11.4 Å². The van der Waals surface area contributed by atoms with Crippen molar-refractivity contribution in [3.05, 3.63) is 82.8 Å². The van der Waals surface area contributed by atoms with Crippen molar-refractivity contribution >= 4 is 40.2 Å². The molecule has 1 aliphatic rings. The molecule has 2 amide bonds. The molecule has 4 N–H and O–H groups in total. The van der Waals surface area contributed by atoms with Gasteiger partial charge in [0.05, 0.1) is 41.9 Å². The lowest BCUT2D eigenvalue weighted by atomic mass is 10.1. The Balaban J connectivity index is 1.23. The number of para-hydroxylation sites is 1. The van der Waals surface area contributed by atoms with Gasteiger partial charge < -0.3 is 40.2 Å². The molecule has 0 radical (unpaired) electrons. The molecule has 3 aromatic carbocycles. The summed E-state index contributed by atoms with van der Waals surface area (Å²) in [6.45, 7) is 6.52. The number of nitrogens with two attached hydrogens (primary N) is 1. The summed E-state index contributed by atoms with van der Waals surface area (Å²) in [7, 11) is 5.28. The van der Waals surface area contributed by atoms with Crippen LogP contribution < -0.4 is 25.4 Å². The van der Waals surface area contributed by atoms with E-state index in [1.54, 1.807) is 42.3 Å². The van der Waals surface area contributed by atoms with Crippen LogP contribution in [0, 0.1) is 6.92 Å². The molecular formula is C38H47N7O5. The van der Waals surface area contributed by atoms with Crippen LogP contribution in [0.25, 0.3) is 11.0 Å². The molecule has 2 heterocycles. The number of benzene rings is 3. The van der Waals surface area contributed by atoms with E-state index in [9.17, 15) is 14.4 Å². The lowest BCUT2D eigenvalue weighted by Crippen LogP contribution is -2.44. The number of rotatable bonds is 15. The number of unbranched alkanes of at least 4 members (excludes halogenated alkanes) is 1. The van der Waals surface area contributed by atoms with Gasteiger partial charge in [0, 0.05) is 45.2 Å². The average Bonchev–Trinajstić information content (AvgIpc) is 3.55. The number of likely N-dealkylation sites (N-methyl/N-ethyl adjacent to an activating group) is 1. The standard InChI is InChI=1S/C38H47N7O5/c1-26-13-16-32(34(23-26)50-22-6-5-9-28(25-46)45-20-18-43(2)19-21-45)44(3)38(48)27-14-15-30(33(24-27)49-4)41-37(47)29-10-7-11-31-36(29)42-35(40-31)12-8-17-39/h7,10-11,13-16,23-24H,5-6,8-9,12,17-22,39H2,1-4H3,(H,40,42)(H,41,47). The number of ether oxygens (including phenoxy) is 2. The zero-order valence-electron chi connectivity index (χ0n) is 29.4. The first-order valence-corrected chi connectivity index (χ1v) is 17.1. The van der Waals surface area contributed by atoms with Crippen LogP contribution in [-0.4, -0.2) is 98.1 Å². The number of nitrogens with one attached hydrogen (secondary N) is 2. The summed E-state index contributed by atoms with van der Waals surface area (Å²) in [5.74, 6) is 3.25. The monoisotopic (exact) mass is 681 g/mol. The number of fused-ring (bicyclic) bond motifs is 1. The predicted octanol–water partition coefficient (Wildman–Crippen LogP) is 4.81. The molecule has 1 saturated heterocycles. The number of aryl methyl sites for hydroxylation is 2. The molecule has 0 atom stereocenters. The van der Waals surface area contributed by atoms with Crippen molar-refractivity contribution < 1.29 is 23.9 Å². The van der Waals surface area contributed by atoms with Gasteiger partial charge in [0.2, 0.25) is 0 Å². The van der Waals surface area contributed by atoms with Gasteiger partial charge in [0.25, 0.3) is 11.8 Å². The number of allylic oxidation sites excluding steroid dienone is 1. The fourth-order valence-corrected chi connectivity index (χ4v) is 6.02. The van der Waals surface area contributed by atoms with E-state index in [0.717, 1.165) is 68.0 Å². The van der Waals surface area contributed by atoms with E-state index in [4.69, 9.17) is 15.2 Å². The first-order chi connectivity index (χ1) is 24.2. The van der Waals surface area contributed by atoms with Gasteiger partial charge in [0.15, 0.2) is 0 Å². The zero-order valence-corrected chi connectivity index (χ0v) is 29.4. The Labute approximate surface area is 293 Å². The Morgan fingerprint density at radius 3 is 2.58 bits per heavy atom. The molecule has 0 aliphatic carbocycles. The van der Waals surface area contributed by atoms with Gasteiger partial charge in [-0.15, -0.1) is 0 Å². The maximum Gasteiger partial charge on any atom is 0.258 e. The van der Waals surface area contributed by atoms with Gasteiger partial charge in [-0.3, -0.25) is 9.59 Å². The second kappa shape index (κ2) is 17.0. The molecule has 1 aliphatic heterocycles. The molecule has 4 aromatic rings. The van der Waals surface area contributed by atoms with Crippen LogP contribution in [0.1, 0.15) is 57.8 Å². The highest BCUT2D eigenvalue weighted by molar-refractivity contribution is 6.12. The third-order valence-corrected chi connectivity index (χ3v) is 8.97. The molecule has 0 unspecified atom stereocenters. The summed E-state index contributed by atoms with van der Waals surface area (Å²) in [5.41, 5.74) is 10.6. The van der Waals surface area contributed by atoms with E-state index >= 15 is 0 Å². The molecule has 0 bridgehead atoms. The summed E-state index contributed by atoms with van der Waals surface area (Å²) in [4.78, 5) is 52.6. The quantitative estimate of drug-likeness (QED) is 0.119. The van der Waals surface area contributed by atoms with Crippen molar-refractivity contribution in [3.8, 4) is 11.5 Å². The minimum absolute atomic E-state index is 0.269. The molecule has 5 rings (SSSR count). The van der Waals surface area contributed by atoms with Crippen LogP contribution in [0.2, 0.25) is 0 Å². The Kier molecular flexibility index (Phi) is 12.3. The first kappa shape index (κ1) is 36.1. The fourth-order valence-electron chi connectivity index (χ4n) is 6.02. The normalized spacial score (nSPS) is 13.2. The summed E-state index contributed by atoms with van der Waals surface area (Å²) < 4.78 is 11.8. The fraction of sp³-hybridized carbons (Fsp3) is 0.395. The number of imidazole rings is 1. The van der Waals surface area contributed by atoms with E-state index in [2.05, 4.69) is 38.1 Å². The SMILES string of the molecule is COc1cc(C(=O)N(C)c2ccc(C)cc2OCCCCC(=C=O)N2CCN(C)CC2)ccc1NC(=O)c1cccc2[nH]c(CCCN)nc12. The number of hydrogen-bond acceptors (Lipinski definition) is 9. The maximum atomic E-state index is 13.7. The second-order valence-corrected chi connectivity index (χ2v) is 12.6. The van der Waals surface area contributed by atoms with E-state index in [-0.39, 0.29) is 11.8 Å². The highest BCUT2D eigenvalue weighted by atomic mass is 16.5. The van der Waals surface area contributed by atoms with E-state index in [0.29, 0.717) is 65.5 Å². The average molecular weight is 682 g/mol. The molecule has 0 saturated carbocycles. The summed E-state index contributed by atoms with van der Waals surface area (Å²) >= 11 is 0. The van der Waals surface area contributed by atoms with E-state index in [1.165, 1.54) is 7.11 Å². The molecule has 12 heteroatoms. The molecule has 50 heavy (non-hydrogen) atoms. The topological polar surface area (TPSA) is 146 Å². The van der Waals surface area contributed by atoms with Gasteiger partial charge in [-0.2, -0.15) is 0 Å². The van der Waals surface area contributed by atoms with Crippen LogP contribution in [0.5, 0.6) is 11.5 Å². The number of piperazine rings is 1. The largest absolute Gasteiger partial charge is 0.495 e. The van der Waals surface area contributed by atoms with Crippen LogP contribution in [-0.2, 0) is 11.2 Å². The van der Waals surface area contributed by atoms with E-state index < -0.39 is 0 Å². The third-order valence-electron chi connectivity index (χ3n) is 8.97. The number of H-pyrrole nitrogens is 1. The van der Waals surface area contributed by atoms with Crippen molar-refractivity contribution in [2.24, 2.45) is 5.73 Å². The molecular weight excluding hydrogens is 634 g/mol. The number of anilines is 2. The Morgan fingerprint density at radius 2 is 1.84 bits per heavy atom. The summed E-state index contributed by atoms with van der Waals surface area (Å²) in [5, 5.41) is 2.92. The van der Waals surface area contributed by atoms with Crippen LogP contribution in [0.15, 0.2) is 60.3 Å². The highest BCUT2D eigenvalue weighted by Crippen LogP contribution is 2.32. The first-order valence-electron chi connectivity index (χ1n) is 17.1. The number of methoxy groups -OCH3 is 1.